The van der Waals surface area contributed by atoms with E-state index in [4.69, 9.17) is 17.3 Å². The molecule has 16 heavy (non-hydrogen) atoms. The van der Waals surface area contributed by atoms with Gasteiger partial charge in [0, 0.05) is 5.56 Å². The summed E-state index contributed by atoms with van der Waals surface area (Å²) in [6, 6.07) is 7.60. The number of halogens is 1. The van der Waals surface area contributed by atoms with E-state index in [1.54, 1.807) is 10.7 Å². The Kier molecular flexibility index (Phi) is 2.08. The summed E-state index contributed by atoms with van der Waals surface area (Å²) < 4.78 is 1.67. The van der Waals surface area contributed by atoms with Gasteiger partial charge in [-0.05, 0) is 6.07 Å². The van der Waals surface area contributed by atoms with E-state index in [1.807, 2.05) is 24.3 Å². The molecule has 0 aliphatic carbocycles. The highest BCUT2D eigenvalue weighted by molar-refractivity contribution is 7.19. The average Bonchev–Trinajstić information content (AvgIpc) is 2.75. The van der Waals surface area contributed by atoms with Crippen molar-refractivity contribution in [3.8, 4) is 10.6 Å². The van der Waals surface area contributed by atoms with Crippen molar-refractivity contribution in [2.45, 2.75) is 0 Å². The quantitative estimate of drug-likeness (QED) is 0.722. The third-order valence-corrected chi connectivity index (χ3v) is 3.45. The van der Waals surface area contributed by atoms with Crippen molar-refractivity contribution in [1.82, 2.24) is 14.6 Å². The molecule has 0 spiro atoms. The van der Waals surface area contributed by atoms with Crippen LogP contribution in [0.2, 0.25) is 5.02 Å². The van der Waals surface area contributed by atoms with Gasteiger partial charge in [0.2, 0.25) is 4.96 Å². The predicted molar refractivity (Wildman–Crippen MR) is 65.7 cm³/mol. The summed E-state index contributed by atoms with van der Waals surface area (Å²) in [5, 5.41) is 5.90. The second-order valence-electron chi connectivity index (χ2n) is 3.28. The fourth-order valence-electron chi connectivity index (χ4n) is 1.46. The summed E-state index contributed by atoms with van der Waals surface area (Å²) in [6.45, 7) is 0. The monoisotopic (exact) mass is 250 g/mol. The van der Waals surface area contributed by atoms with Gasteiger partial charge in [-0.3, -0.25) is 0 Å². The molecule has 0 atom stereocenters. The first-order chi connectivity index (χ1) is 7.74. The highest BCUT2D eigenvalue weighted by Crippen LogP contribution is 2.31. The zero-order valence-electron chi connectivity index (χ0n) is 8.09. The minimum atomic E-state index is 0.476. The number of nitrogen functional groups attached to an aromatic ring is 1. The summed E-state index contributed by atoms with van der Waals surface area (Å²) >= 11 is 7.56. The van der Waals surface area contributed by atoms with Crippen LogP contribution in [0.3, 0.4) is 0 Å². The Bertz CT molecular complexity index is 626. The average molecular weight is 251 g/mol. The number of hydrogen-bond donors (Lipinski definition) is 1. The first-order valence-electron chi connectivity index (χ1n) is 4.60. The lowest BCUT2D eigenvalue weighted by Gasteiger charge is -1.97. The molecule has 3 aromatic rings. The van der Waals surface area contributed by atoms with E-state index in [1.165, 1.54) is 11.3 Å². The Hall–Kier alpha value is -1.59. The topological polar surface area (TPSA) is 56.2 Å². The van der Waals surface area contributed by atoms with Gasteiger partial charge in [-0.2, -0.15) is 5.10 Å². The fraction of sp³-hybridized carbons (Fsp3) is 0. The third-order valence-electron chi connectivity index (χ3n) is 2.17. The van der Waals surface area contributed by atoms with Gasteiger partial charge < -0.3 is 5.73 Å². The van der Waals surface area contributed by atoms with E-state index >= 15 is 0 Å². The van der Waals surface area contributed by atoms with Crippen LogP contribution in [0.25, 0.3) is 15.5 Å². The summed E-state index contributed by atoms with van der Waals surface area (Å²) in [6.07, 6.45) is 1.69. The highest BCUT2D eigenvalue weighted by atomic mass is 35.5. The van der Waals surface area contributed by atoms with Crippen LogP contribution in [0.1, 0.15) is 0 Å². The summed E-state index contributed by atoms with van der Waals surface area (Å²) in [5.74, 6) is 0.476. The molecule has 0 aliphatic rings. The van der Waals surface area contributed by atoms with E-state index in [0.717, 1.165) is 15.5 Å². The maximum absolute atomic E-state index is 6.10. The lowest BCUT2D eigenvalue weighted by molar-refractivity contribution is 0.979. The Labute approximate surface area is 100 Å². The van der Waals surface area contributed by atoms with Gasteiger partial charge in [-0.15, -0.1) is 0 Å². The van der Waals surface area contributed by atoms with E-state index in [0.29, 0.717) is 10.8 Å². The van der Waals surface area contributed by atoms with Crippen molar-refractivity contribution >= 4 is 33.7 Å². The largest absolute Gasteiger partial charge is 0.382 e. The molecule has 1 aromatic carbocycles. The molecule has 0 saturated carbocycles. The van der Waals surface area contributed by atoms with Crippen LogP contribution in [-0.4, -0.2) is 14.6 Å². The lowest BCUT2D eigenvalue weighted by Crippen LogP contribution is -1.84. The molecule has 6 heteroatoms. The van der Waals surface area contributed by atoms with Crippen molar-refractivity contribution in [3.05, 3.63) is 35.5 Å². The second kappa shape index (κ2) is 3.47. The Morgan fingerprint density at radius 3 is 2.88 bits per heavy atom. The SMILES string of the molecule is Nc1cn2nc(-c3ccccc3Cl)sc2n1. The second-order valence-corrected chi connectivity index (χ2v) is 4.64. The molecule has 4 nitrogen and oxygen atoms in total. The van der Waals surface area contributed by atoms with Crippen LogP contribution in [0.5, 0.6) is 0 Å². The summed E-state index contributed by atoms with van der Waals surface area (Å²) in [7, 11) is 0. The standard InChI is InChI=1S/C10H7ClN4S/c11-7-4-2-1-3-6(7)9-14-15-5-8(12)13-10(15)16-9/h1-5H,12H2. The minimum absolute atomic E-state index is 0.476. The molecular formula is C10H7ClN4S. The van der Waals surface area contributed by atoms with Gasteiger partial charge >= 0.3 is 0 Å². The molecule has 0 saturated heterocycles. The number of rotatable bonds is 1. The zero-order chi connectivity index (χ0) is 11.1. The molecule has 80 valence electrons. The first-order valence-corrected chi connectivity index (χ1v) is 5.80. The van der Waals surface area contributed by atoms with Crippen LogP contribution >= 0.6 is 22.9 Å². The number of anilines is 1. The molecule has 3 rings (SSSR count). The van der Waals surface area contributed by atoms with Crippen LogP contribution in [0.4, 0.5) is 5.82 Å². The first kappa shape index (κ1) is 9.62. The molecule has 2 heterocycles. The molecule has 0 radical (unpaired) electrons. The van der Waals surface area contributed by atoms with Crippen molar-refractivity contribution in [2.75, 3.05) is 5.73 Å². The van der Waals surface area contributed by atoms with Crippen molar-refractivity contribution < 1.29 is 0 Å². The maximum atomic E-state index is 6.10. The van der Waals surface area contributed by atoms with Gasteiger partial charge in [-0.1, -0.05) is 41.1 Å². The van der Waals surface area contributed by atoms with Gasteiger partial charge in [-0.25, -0.2) is 9.50 Å². The Morgan fingerprint density at radius 1 is 1.31 bits per heavy atom. The van der Waals surface area contributed by atoms with Crippen molar-refractivity contribution in [3.63, 3.8) is 0 Å². The van der Waals surface area contributed by atoms with Crippen molar-refractivity contribution in [2.24, 2.45) is 0 Å². The number of nitrogens with two attached hydrogens (primary N) is 1. The van der Waals surface area contributed by atoms with Crippen LogP contribution in [0, 0.1) is 0 Å². The highest BCUT2D eigenvalue weighted by Gasteiger charge is 2.10. The maximum Gasteiger partial charge on any atom is 0.214 e. The molecule has 2 aromatic heterocycles. The van der Waals surface area contributed by atoms with Gasteiger partial charge in [0.15, 0.2) is 0 Å². The van der Waals surface area contributed by atoms with Crippen LogP contribution in [-0.2, 0) is 0 Å². The van der Waals surface area contributed by atoms with E-state index in [2.05, 4.69) is 10.1 Å². The van der Waals surface area contributed by atoms with Crippen molar-refractivity contribution in [1.29, 1.82) is 0 Å². The number of benzene rings is 1. The lowest BCUT2D eigenvalue weighted by atomic mass is 10.2. The number of imidazole rings is 1. The number of fused-ring (bicyclic) bond motifs is 1. The number of nitrogens with zero attached hydrogens (tertiary/aromatic N) is 3. The Balaban J connectivity index is 2.19. The van der Waals surface area contributed by atoms with E-state index in [9.17, 15) is 0 Å². The molecule has 0 bridgehead atoms. The molecule has 2 N–H and O–H groups in total. The molecule has 0 unspecified atom stereocenters. The smallest absolute Gasteiger partial charge is 0.214 e. The summed E-state index contributed by atoms with van der Waals surface area (Å²) in [5.41, 5.74) is 6.48. The normalized spacial score (nSPS) is 11.1. The molecule has 0 amide bonds. The fourth-order valence-corrected chi connectivity index (χ4v) is 2.67. The Morgan fingerprint density at radius 2 is 2.12 bits per heavy atom. The molecule has 0 fully saturated rings. The number of aromatic nitrogens is 3. The third kappa shape index (κ3) is 1.45. The minimum Gasteiger partial charge on any atom is -0.382 e. The van der Waals surface area contributed by atoms with E-state index < -0.39 is 0 Å². The predicted octanol–water partition coefficient (Wildman–Crippen LogP) is 2.69. The summed E-state index contributed by atoms with van der Waals surface area (Å²) in [4.78, 5) is 4.91. The molecular weight excluding hydrogens is 244 g/mol. The molecule has 0 aliphatic heterocycles. The number of hydrogen-bond acceptors (Lipinski definition) is 4. The van der Waals surface area contributed by atoms with Crippen LogP contribution in [0.15, 0.2) is 30.5 Å². The zero-order valence-corrected chi connectivity index (χ0v) is 9.66. The van der Waals surface area contributed by atoms with Gasteiger partial charge in [0.25, 0.3) is 0 Å². The van der Waals surface area contributed by atoms with Gasteiger partial charge in [0.1, 0.15) is 10.8 Å². The van der Waals surface area contributed by atoms with E-state index in [-0.39, 0.29) is 0 Å². The van der Waals surface area contributed by atoms with Gasteiger partial charge in [0.05, 0.1) is 11.2 Å². The van der Waals surface area contributed by atoms with Crippen LogP contribution < -0.4 is 5.73 Å².